The summed E-state index contributed by atoms with van der Waals surface area (Å²) in [5.41, 5.74) is 33.6. The van der Waals surface area contributed by atoms with Crippen molar-refractivity contribution in [2.45, 2.75) is 170 Å². The maximum atomic E-state index is 15.2. The summed E-state index contributed by atoms with van der Waals surface area (Å²) in [7, 11) is 0. The minimum Gasteiger partial charge on any atom is -0.441 e. The van der Waals surface area contributed by atoms with E-state index in [1.165, 1.54) is 50.4 Å². The van der Waals surface area contributed by atoms with E-state index in [2.05, 4.69) is 67.1 Å². The molecule has 2 aliphatic rings. The summed E-state index contributed by atoms with van der Waals surface area (Å²) < 4.78 is 28.7. The number of ether oxygens (including phenoxy) is 5. The van der Waals surface area contributed by atoms with Gasteiger partial charge in [-0.2, -0.15) is 0 Å². The zero-order valence-corrected chi connectivity index (χ0v) is 56.0. The van der Waals surface area contributed by atoms with Crippen LogP contribution in [0.2, 0.25) is 0 Å². The number of nitrogens with zero attached hydrogens (tertiary/aromatic N) is 5. The summed E-state index contributed by atoms with van der Waals surface area (Å²) in [6, 6.07) is -7.87. The third-order valence-corrected chi connectivity index (χ3v) is 17.7. The smallest absolute Gasteiger partial charge is 0.404 e. The van der Waals surface area contributed by atoms with Crippen LogP contribution < -0.4 is 71.6 Å². The molecule has 6 rings (SSSR count). The van der Waals surface area contributed by atoms with Crippen molar-refractivity contribution in [3.63, 3.8) is 0 Å². The number of carbonyl (C=O) groups excluding carboxylic acids is 8. The molecule has 2 aliphatic heterocycles. The molecule has 6 heterocycles. The number of thiazole rings is 2. The van der Waals surface area contributed by atoms with Crippen LogP contribution in [0, 0.1) is 12.8 Å². The number of H-pyrrole nitrogens is 1. The van der Waals surface area contributed by atoms with Gasteiger partial charge in [-0.25, -0.2) is 29.7 Å². The van der Waals surface area contributed by atoms with E-state index in [1.807, 2.05) is 0 Å². The Morgan fingerprint density at radius 1 is 0.747 bits per heavy atom. The Morgan fingerprint density at radius 2 is 1.44 bits per heavy atom. The summed E-state index contributed by atoms with van der Waals surface area (Å²) >= 11 is 2.50. The van der Waals surface area contributed by atoms with Crippen molar-refractivity contribution < 1.29 is 103 Å². The lowest BCUT2D eigenvalue weighted by atomic mass is 9.96. The zero-order valence-electron chi connectivity index (χ0n) is 54.4. The van der Waals surface area contributed by atoms with E-state index < -0.39 is 183 Å². The third kappa shape index (κ3) is 22.1. The van der Waals surface area contributed by atoms with Crippen molar-refractivity contribution in [3.05, 3.63) is 56.8 Å². The third-order valence-electron chi connectivity index (χ3n) is 15.9. The summed E-state index contributed by atoms with van der Waals surface area (Å²) in [6.45, 7) is 5.29. The monoisotopic (exact) mass is 1440 g/mol. The van der Waals surface area contributed by atoms with Crippen LogP contribution in [0.15, 0.2) is 23.3 Å². The molecule has 0 saturated carbocycles. The van der Waals surface area contributed by atoms with E-state index in [9.17, 15) is 74.4 Å². The first-order valence-corrected chi connectivity index (χ1v) is 33.1. The van der Waals surface area contributed by atoms with Gasteiger partial charge >= 0.3 is 6.09 Å². The molecule has 0 radical (unpaired) electrons. The second-order valence-electron chi connectivity index (χ2n) is 23.4. The summed E-state index contributed by atoms with van der Waals surface area (Å²) in [5, 5.41) is 111. The molecule has 99 heavy (non-hydrogen) atoms. The minimum absolute atomic E-state index is 0.0140. The fraction of sp³-hybridized carbons (Fsp3) is 0.632. The lowest BCUT2D eigenvalue weighted by Crippen LogP contribution is -2.65. The molecule has 0 bridgehead atoms. The normalized spacial score (nSPS) is 23.6. The van der Waals surface area contributed by atoms with Crippen LogP contribution in [0.25, 0.3) is 10.7 Å². The molecule has 0 spiro atoms. The van der Waals surface area contributed by atoms with Crippen molar-refractivity contribution in [2.75, 3.05) is 58.2 Å². The fourth-order valence-electron chi connectivity index (χ4n) is 10.2. The van der Waals surface area contributed by atoms with E-state index in [-0.39, 0.29) is 54.0 Å². The largest absolute Gasteiger partial charge is 0.441 e. The number of aliphatic hydroxyl groups is 8. The van der Waals surface area contributed by atoms with E-state index >= 15 is 4.79 Å². The SMILES string of the molecule is Cc1c(N)nc([C@H](CC(N)=O)NC[C@H](N)C(N)=O)nc1C(=O)N[C@H](C(=O)N[C@H](C)[C@@H](O)[C@H](C)C(=O)N[C@H](C(=O)NCCc1nc(-c2nc(C(=O)NCCCNCCCCN)cs2)cs1)[C@@H](C)O)[C@@H](O[C@@H]1O[C@@H](CO)[C@@H](O)[C@H](O)[C@@H]1O[C@@H]1O[C@H](CO)[C@@H](O)[C@H](OC(N)=O)[C@@H]1O)c1cnc[nH]1. The molecule has 40 nitrogen and oxygen atoms in total. The molecule has 0 unspecified atom stereocenters. The van der Waals surface area contributed by atoms with E-state index in [0.29, 0.717) is 28.8 Å². The number of nitrogen functional groups attached to an aromatic ring is 1. The molecular formula is C57H89N19O21S2. The molecule has 19 atom stereocenters. The molecule has 28 N–H and O–H groups in total. The maximum Gasteiger partial charge on any atom is 0.404 e. The lowest BCUT2D eigenvalue weighted by molar-refractivity contribution is -0.372. The Bertz CT molecular complexity index is 3320. The van der Waals surface area contributed by atoms with Gasteiger partial charge in [-0.1, -0.05) is 6.92 Å². The molecule has 2 fully saturated rings. The quantitative estimate of drug-likeness (QED) is 0.0185. The summed E-state index contributed by atoms with van der Waals surface area (Å²) in [4.78, 5) is 131. The molecule has 2 saturated heterocycles. The van der Waals surface area contributed by atoms with Gasteiger partial charge < -0.3 is 141 Å². The van der Waals surface area contributed by atoms with Crippen molar-refractivity contribution in [2.24, 2.45) is 34.6 Å². The Kier molecular flexibility index (Phi) is 30.9. The highest BCUT2D eigenvalue weighted by Gasteiger charge is 2.54. The van der Waals surface area contributed by atoms with Crippen LogP contribution in [0.4, 0.5) is 10.6 Å². The molecule has 550 valence electrons. The number of nitrogens with one attached hydrogen (secondary N) is 8. The average molecular weight is 1440 g/mol. The van der Waals surface area contributed by atoms with Crippen LogP contribution >= 0.6 is 22.7 Å². The summed E-state index contributed by atoms with van der Waals surface area (Å²) in [6.07, 6.45) is -22.5. The number of anilines is 1. The van der Waals surface area contributed by atoms with Gasteiger partial charge in [0.25, 0.3) is 11.8 Å². The number of aromatic amines is 1. The van der Waals surface area contributed by atoms with E-state index in [0.717, 1.165) is 44.9 Å². The fourth-order valence-corrected chi connectivity index (χ4v) is 11.8. The average Bonchev–Trinajstić information content (AvgIpc) is 1.07. The van der Waals surface area contributed by atoms with Crippen molar-refractivity contribution in [3.8, 4) is 10.7 Å². The first-order chi connectivity index (χ1) is 47.0. The topological polar surface area (TPSA) is 665 Å². The van der Waals surface area contributed by atoms with Crippen LogP contribution in [-0.2, 0) is 54.1 Å². The van der Waals surface area contributed by atoms with Gasteiger partial charge in [-0.3, -0.25) is 33.6 Å². The van der Waals surface area contributed by atoms with Crippen LogP contribution in [0.1, 0.15) is 102 Å². The number of aromatic nitrogens is 6. The van der Waals surface area contributed by atoms with Gasteiger partial charge in [0.1, 0.15) is 94.6 Å². The molecule has 4 aromatic heterocycles. The van der Waals surface area contributed by atoms with Gasteiger partial charge in [-0.15, -0.1) is 22.7 Å². The Labute approximate surface area is 573 Å². The zero-order chi connectivity index (χ0) is 72.9. The van der Waals surface area contributed by atoms with Crippen molar-refractivity contribution in [1.82, 2.24) is 67.1 Å². The minimum atomic E-state index is -2.20. The van der Waals surface area contributed by atoms with Gasteiger partial charge in [-0.05, 0) is 59.7 Å². The van der Waals surface area contributed by atoms with Gasteiger partial charge in [0.05, 0.1) is 72.7 Å². The summed E-state index contributed by atoms with van der Waals surface area (Å²) in [5.74, 6) is -8.74. The van der Waals surface area contributed by atoms with Crippen molar-refractivity contribution >= 4 is 75.9 Å². The standard InChI is InChI=1S/C57H89N19O21S2/c1-22-35(73-48(76-46(22)61)27(14-33(60)80)68-15-26(59)47(62)86)52(90)75-37(43(28-16-65-21-69-28)95-56-45(41(84)39(82)31(17-77)94-56)96-55-42(85)44(97-57(63)92)40(83)32(18-78)93-55)53(91)70-24(3)38(81)23(2)49(87)74-36(25(4)79)51(89)67-13-8-34-71-30(20-98-34)54-72-29(19-99-54)50(88)66-12-7-11-64-10-6-5-9-58/h16,19-21,23-27,31-32,36-45,55-56,64,68,77-79,81-85H,5-15,17-18,58-59H2,1-4H3,(H2,60,80)(H2,62,86)(H2,63,92)(H,65,69)(H,66,88)(H,67,89)(H,70,91)(H,74,87)(H,75,90)(H2,61,73,76)/t23-,24+,25+,26-,27-,31-,32+,36-,37-,38-,39+,40+,41-,42-,43-,44-,45-,55-,56-/m0/s1. The highest BCUT2D eigenvalue weighted by molar-refractivity contribution is 7.14. The lowest BCUT2D eigenvalue weighted by Gasteiger charge is -2.47. The first kappa shape index (κ1) is 80.2. The molecule has 0 aliphatic carbocycles. The highest BCUT2D eigenvalue weighted by atomic mass is 32.1. The molecule has 0 aromatic carbocycles. The van der Waals surface area contributed by atoms with Gasteiger partial charge in [0, 0.05) is 48.8 Å². The predicted octanol–water partition coefficient (Wildman–Crippen LogP) is -8.25. The van der Waals surface area contributed by atoms with Crippen molar-refractivity contribution in [1.29, 1.82) is 0 Å². The van der Waals surface area contributed by atoms with Crippen LogP contribution in [0.5, 0.6) is 0 Å². The first-order valence-electron chi connectivity index (χ1n) is 31.4. The highest BCUT2D eigenvalue weighted by Crippen LogP contribution is 2.35. The number of hydrogen-bond donors (Lipinski definition) is 22. The number of imidazole rings is 1. The number of carbonyl (C=O) groups is 8. The molecular weight excluding hydrogens is 1350 g/mol. The van der Waals surface area contributed by atoms with Gasteiger partial charge in [0.2, 0.25) is 29.5 Å². The number of hydrogen-bond acceptors (Lipinski definition) is 33. The number of nitrogens with two attached hydrogens (primary N) is 6. The van der Waals surface area contributed by atoms with E-state index in [4.69, 9.17) is 58.1 Å². The predicted molar refractivity (Wildman–Crippen MR) is 346 cm³/mol. The number of unbranched alkanes of at least 4 members (excludes halogenated alkanes) is 1. The Morgan fingerprint density at radius 3 is 2.09 bits per heavy atom. The van der Waals surface area contributed by atoms with Crippen LogP contribution in [0.3, 0.4) is 0 Å². The number of rotatable bonds is 39. The maximum absolute atomic E-state index is 15.2. The van der Waals surface area contributed by atoms with E-state index in [1.54, 1.807) is 10.8 Å². The Hall–Kier alpha value is -7.73. The molecule has 4 aromatic rings. The molecule has 8 amide bonds. The number of amides is 8. The second-order valence-corrected chi connectivity index (χ2v) is 25.2. The molecule has 42 heteroatoms. The number of primary amides is 3. The van der Waals surface area contributed by atoms with Gasteiger partial charge in [0.15, 0.2) is 18.7 Å². The second kappa shape index (κ2) is 38.2. The number of aliphatic hydroxyl groups excluding tert-OH is 8. The van der Waals surface area contributed by atoms with Crippen LogP contribution in [-0.4, -0.2) is 268 Å². The Balaban J connectivity index is 1.23.